The Kier molecular flexibility index (Phi) is 5.31. The molecule has 118 valence electrons. The van der Waals surface area contributed by atoms with Crippen LogP contribution < -0.4 is 19.9 Å². The summed E-state index contributed by atoms with van der Waals surface area (Å²) in [5.41, 5.74) is 4.97. The van der Waals surface area contributed by atoms with Gasteiger partial charge in [0, 0.05) is 6.54 Å². The zero-order valence-corrected chi connectivity index (χ0v) is 12.8. The third-order valence-corrected chi connectivity index (χ3v) is 4.37. The first-order valence-corrected chi connectivity index (χ1v) is 7.41. The van der Waals surface area contributed by atoms with Crippen molar-refractivity contribution < 1.29 is 19.3 Å². The van der Waals surface area contributed by atoms with E-state index in [1.54, 1.807) is 14.2 Å². The normalized spacial score (nSPS) is 24.9. The van der Waals surface area contributed by atoms with Gasteiger partial charge in [0.25, 0.3) is 0 Å². The first-order valence-electron chi connectivity index (χ1n) is 7.41. The highest BCUT2D eigenvalue weighted by molar-refractivity contribution is 5.51. The third-order valence-electron chi connectivity index (χ3n) is 4.37. The molecule has 0 heterocycles. The van der Waals surface area contributed by atoms with Crippen LogP contribution in [0.1, 0.15) is 25.7 Å². The summed E-state index contributed by atoms with van der Waals surface area (Å²) in [5.74, 6) is 2.10. The lowest BCUT2D eigenvalue weighted by atomic mass is 9.88. The van der Waals surface area contributed by atoms with E-state index in [2.05, 4.69) is 0 Å². The molecule has 0 saturated heterocycles. The lowest BCUT2D eigenvalue weighted by Crippen LogP contribution is -2.41. The first-order chi connectivity index (χ1) is 10.1. The summed E-state index contributed by atoms with van der Waals surface area (Å²) in [5, 5.41) is 10.4. The average molecular weight is 295 g/mol. The van der Waals surface area contributed by atoms with Crippen molar-refractivity contribution in [2.75, 3.05) is 27.4 Å². The van der Waals surface area contributed by atoms with Crippen molar-refractivity contribution >= 4 is 0 Å². The molecule has 0 spiro atoms. The fourth-order valence-electron chi connectivity index (χ4n) is 3.07. The van der Waals surface area contributed by atoms with Crippen LogP contribution in [0.25, 0.3) is 0 Å². The van der Waals surface area contributed by atoms with E-state index >= 15 is 0 Å². The minimum atomic E-state index is -0.728. The fourth-order valence-corrected chi connectivity index (χ4v) is 3.07. The number of hydrogen-bond acceptors (Lipinski definition) is 5. The Balaban J connectivity index is 1.97. The smallest absolute Gasteiger partial charge is 0.203 e. The number of hydrogen-bond donors (Lipinski definition) is 2. The topological polar surface area (TPSA) is 73.9 Å². The fraction of sp³-hybridized carbons (Fsp3) is 0.625. The van der Waals surface area contributed by atoms with Gasteiger partial charge in [0.05, 0.1) is 26.4 Å². The molecule has 0 aromatic heterocycles. The van der Waals surface area contributed by atoms with Crippen LogP contribution in [0, 0.1) is 5.92 Å². The molecular weight excluding hydrogens is 270 g/mol. The van der Waals surface area contributed by atoms with Crippen molar-refractivity contribution in [1.29, 1.82) is 0 Å². The van der Waals surface area contributed by atoms with Gasteiger partial charge < -0.3 is 25.1 Å². The first kappa shape index (κ1) is 15.9. The van der Waals surface area contributed by atoms with Crippen LogP contribution in [0.3, 0.4) is 0 Å². The minimum absolute atomic E-state index is 0.197. The highest BCUT2D eigenvalue weighted by atomic mass is 16.5. The van der Waals surface area contributed by atoms with Gasteiger partial charge in [-0.15, -0.1) is 0 Å². The van der Waals surface area contributed by atoms with Crippen molar-refractivity contribution in [1.82, 2.24) is 0 Å². The highest BCUT2D eigenvalue weighted by Gasteiger charge is 2.39. The van der Waals surface area contributed by atoms with Crippen molar-refractivity contribution in [3.8, 4) is 17.2 Å². The molecule has 0 bridgehead atoms. The monoisotopic (exact) mass is 295 g/mol. The zero-order valence-electron chi connectivity index (χ0n) is 12.8. The summed E-state index contributed by atoms with van der Waals surface area (Å²) >= 11 is 0. The van der Waals surface area contributed by atoms with Crippen LogP contribution in [0.4, 0.5) is 0 Å². The Morgan fingerprint density at radius 1 is 1.29 bits per heavy atom. The van der Waals surface area contributed by atoms with E-state index in [0.717, 1.165) is 25.7 Å². The molecule has 1 saturated carbocycles. The van der Waals surface area contributed by atoms with Gasteiger partial charge in [-0.2, -0.15) is 0 Å². The second-order valence-corrected chi connectivity index (χ2v) is 5.53. The molecule has 0 amide bonds. The van der Waals surface area contributed by atoms with Crippen LogP contribution in [0.2, 0.25) is 0 Å². The molecule has 5 nitrogen and oxygen atoms in total. The standard InChI is InChI=1S/C16H25NO4/c1-19-13-6-3-7-14(20-2)15(13)21-10-8-12-5-4-9-16(12,18)11-17/h3,6-7,12,18H,4-5,8-11,17H2,1-2H3. The van der Waals surface area contributed by atoms with E-state index in [1.807, 2.05) is 18.2 Å². The Morgan fingerprint density at radius 3 is 2.52 bits per heavy atom. The molecule has 0 aliphatic heterocycles. The molecule has 1 fully saturated rings. The van der Waals surface area contributed by atoms with Crippen LogP contribution in [0.15, 0.2) is 18.2 Å². The molecule has 2 unspecified atom stereocenters. The average Bonchev–Trinajstić information content (AvgIpc) is 2.89. The molecule has 1 aromatic carbocycles. The summed E-state index contributed by atoms with van der Waals surface area (Å²) in [6.07, 6.45) is 3.58. The Bertz CT molecular complexity index is 443. The highest BCUT2D eigenvalue weighted by Crippen LogP contribution is 2.39. The summed E-state index contributed by atoms with van der Waals surface area (Å²) < 4.78 is 16.4. The quantitative estimate of drug-likeness (QED) is 0.804. The lowest BCUT2D eigenvalue weighted by Gasteiger charge is -2.28. The van der Waals surface area contributed by atoms with E-state index in [4.69, 9.17) is 19.9 Å². The van der Waals surface area contributed by atoms with Gasteiger partial charge in [-0.3, -0.25) is 0 Å². The lowest BCUT2D eigenvalue weighted by molar-refractivity contribution is 0.00338. The van der Waals surface area contributed by atoms with Gasteiger partial charge in [0.1, 0.15) is 0 Å². The predicted molar refractivity (Wildman–Crippen MR) is 81.0 cm³/mol. The molecule has 1 aliphatic carbocycles. The summed E-state index contributed by atoms with van der Waals surface area (Å²) in [4.78, 5) is 0. The molecular formula is C16H25NO4. The van der Waals surface area contributed by atoms with Crippen LogP contribution in [-0.2, 0) is 0 Å². The summed E-state index contributed by atoms with van der Waals surface area (Å²) in [7, 11) is 3.21. The molecule has 1 aromatic rings. The Morgan fingerprint density at radius 2 is 1.95 bits per heavy atom. The summed E-state index contributed by atoms with van der Waals surface area (Å²) in [6, 6.07) is 5.53. The van der Waals surface area contributed by atoms with Crippen LogP contribution in [-0.4, -0.2) is 38.1 Å². The second-order valence-electron chi connectivity index (χ2n) is 5.53. The third kappa shape index (κ3) is 3.41. The maximum Gasteiger partial charge on any atom is 0.203 e. The van der Waals surface area contributed by atoms with Gasteiger partial charge in [0.15, 0.2) is 11.5 Å². The SMILES string of the molecule is COc1cccc(OC)c1OCCC1CCCC1(O)CN. The molecule has 21 heavy (non-hydrogen) atoms. The maximum atomic E-state index is 10.4. The van der Waals surface area contributed by atoms with Gasteiger partial charge in [0.2, 0.25) is 5.75 Å². The number of benzene rings is 1. The van der Waals surface area contributed by atoms with Crippen molar-refractivity contribution in [2.45, 2.75) is 31.3 Å². The number of aliphatic hydroxyl groups is 1. The molecule has 0 radical (unpaired) electrons. The second kappa shape index (κ2) is 7.00. The van der Waals surface area contributed by atoms with Crippen LogP contribution in [0.5, 0.6) is 17.2 Å². The van der Waals surface area contributed by atoms with Gasteiger partial charge >= 0.3 is 0 Å². The van der Waals surface area contributed by atoms with Gasteiger partial charge in [-0.25, -0.2) is 0 Å². The van der Waals surface area contributed by atoms with E-state index in [-0.39, 0.29) is 5.92 Å². The predicted octanol–water partition coefficient (Wildman–Crippen LogP) is 1.96. The Hall–Kier alpha value is -1.46. The number of methoxy groups -OCH3 is 2. The number of nitrogens with two attached hydrogens (primary N) is 1. The Labute approximate surface area is 126 Å². The van der Waals surface area contributed by atoms with Crippen molar-refractivity contribution in [3.05, 3.63) is 18.2 Å². The number of rotatable bonds is 7. The molecule has 2 atom stereocenters. The van der Waals surface area contributed by atoms with Gasteiger partial charge in [-0.05, 0) is 37.3 Å². The summed E-state index contributed by atoms with van der Waals surface area (Å²) in [6.45, 7) is 0.819. The molecule has 1 aliphatic rings. The largest absolute Gasteiger partial charge is 0.493 e. The van der Waals surface area contributed by atoms with Gasteiger partial charge in [-0.1, -0.05) is 12.5 Å². The number of ether oxygens (including phenoxy) is 3. The molecule has 5 heteroatoms. The zero-order chi connectivity index (χ0) is 15.3. The van der Waals surface area contributed by atoms with E-state index in [1.165, 1.54) is 0 Å². The van der Waals surface area contributed by atoms with Crippen LogP contribution >= 0.6 is 0 Å². The molecule has 3 N–H and O–H groups in total. The number of para-hydroxylation sites is 1. The minimum Gasteiger partial charge on any atom is -0.493 e. The van der Waals surface area contributed by atoms with E-state index < -0.39 is 5.60 Å². The molecule has 2 rings (SSSR count). The van der Waals surface area contributed by atoms with E-state index in [0.29, 0.717) is 30.4 Å². The maximum absolute atomic E-state index is 10.4. The van der Waals surface area contributed by atoms with E-state index in [9.17, 15) is 5.11 Å². The van der Waals surface area contributed by atoms with Crippen molar-refractivity contribution in [2.24, 2.45) is 11.7 Å². The van der Waals surface area contributed by atoms with Crippen molar-refractivity contribution in [3.63, 3.8) is 0 Å².